The maximum atomic E-state index is 12.0. The molecule has 2 aromatic carbocycles. The summed E-state index contributed by atoms with van der Waals surface area (Å²) in [6.45, 7) is 0.795. The third-order valence-corrected chi connectivity index (χ3v) is 3.72. The molecule has 2 amide bonds. The van der Waals surface area contributed by atoms with Gasteiger partial charge >= 0.3 is 6.03 Å². The molecule has 25 heavy (non-hydrogen) atoms. The van der Waals surface area contributed by atoms with Crippen molar-refractivity contribution in [3.8, 4) is 0 Å². The predicted octanol–water partition coefficient (Wildman–Crippen LogP) is 4.36. The van der Waals surface area contributed by atoms with E-state index >= 15 is 0 Å². The van der Waals surface area contributed by atoms with Gasteiger partial charge in [-0.3, -0.25) is 5.32 Å². The number of pyridine rings is 1. The van der Waals surface area contributed by atoms with Crippen molar-refractivity contribution in [3.05, 3.63) is 84.6 Å². The highest BCUT2D eigenvalue weighted by atomic mass is 16.2. The van der Waals surface area contributed by atoms with E-state index in [0.717, 1.165) is 17.9 Å². The van der Waals surface area contributed by atoms with Crippen LogP contribution in [0.25, 0.3) is 0 Å². The van der Waals surface area contributed by atoms with Gasteiger partial charge < -0.3 is 10.2 Å². The fraction of sp³-hybridized carbons (Fsp3) is 0.100. The number of rotatable bonds is 5. The van der Waals surface area contributed by atoms with E-state index < -0.39 is 0 Å². The molecule has 0 spiro atoms. The van der Waals surface area contributed by atoms with Crippen LogP contribution in [0, 0.1) is 0 Å². The van der Waals surface area contributed by atoms with E-state index in [0.29, 0.717) is 5.82 Å². The monoisotopic (exact) mass is 332 g/mol. The first-order chi connectivity index (χ1) is 12.2. The van der Waals surface area contributed by atoms with Crippen LogP contribution in [0.2, 0.25) is 0 Å². The van der Waals surface area contributed by atoms with E-state index in [2.05, 4.69) is 32.7 Å². The van der Waals surface area contributed by atoms with Crippen LogP contribution < -0.4 is 15.5 Å². The molecule has 0 saturated heterocycles. The molecule has 0 radical (unpaired) electrons. The number of amides is 2. The van der Waals surface area contributed by atoms with Gasteiger partial charge in [-0.25, -0.2) is 9.78 Å². The molecule has 0 aliphatic rings. The fourth-order valence-electron chi connectivity index (χ4n) is 2.43. The molecule has 0 fully saturated rings. The number of anilines is 3. The van der Waals surface area contributed by atoms with Gasteiger partial charge in [0.2, 0.25) is 0 Å². The van der Waals surface area contributed by atoms with E-state index in [9.17, 15) is 4.79 Å². The van der Waals surface area contributed by atoms with Crippen molar-refractivity contribution < 1.29 is 4.79 Å². The number of urea groups is 1. The summed E-state index contributed by atoms with van der Waals surface area (Å²) in [5, 5.41) is 5.49. The molecular formula is C20H20N4O. The number of hydrogen-bond donors (Lipinski definition) is 2. The minimum Gasteiger partial charge on any atom is -0.369 e. The summed E-state index contributed by atoms with van der Waals surface area (Å²) in [5.41, 5.74) is 2.95. The van der Waals surface area contributed by atoms with Crippen LogP contribution in [0.4, 0.5) is 22.0 Å². The van der Waals surface area contributed by atoms with Crippen LogP contribution in [-0.4, -0.2) is 18.1 Å². The Labute approximate surface area is 147 Å². The minimum atomic E-state index is -0.316. The fourth-order valence-corrected chi connectivity index (χ4v) is 2.43. The largest absolute Gasteiger partial charge is 0.369 e. The molecule has 126 valence electrons. The molecule has 3 aromatic rings. The summed E-state index contributed by atoms with van der Waals surface area (Å²) < 4.78 is 0. The maximum absolute atomic E-state index is 12.0. The number of hydrogen-bond acceptors (Lipinski definition) is 3. The Morgan fingerprint density at radius 2 is 1.60 bits per heavy atom. The molecule has 0 aliphatic carbocycles. The van der Waals surface area contributed by atoms with E-state index in [1.165, 1.54) is 5.56 Å². The molecule has 1 heterocycles. The van der Waals surface area contributed by atoms with Gasteiger partial charge in [0, 0.05) is 19.3 Å². The van der Waals surface area contributed by atoms with E-state index in [1.54, 1.807) is 12.3 Å². The first-order valence-corrected chi connectivity index (χ1v) is 8.05. The Morgan fingerprint density at radius 1 is 0.920 bits per heavy atom. The number of nitrogens with zero attached hydrogens (tertiary/aromatic N) is 2. The summed E-state index contributed by atoms with van der Waals surface area (Å²) in [7, 11) is 2.01. The van der Waals surface area contributed by atoms with E-state index in [1.807, 2.05) is 61.6 Å². The smallest absolute Gasteiger partial charge is 0.324 e. The highest BCUT2D eigenvalue weighted by molar-refractivity contribution is 5.99. The standard InChI is InChI=1S/C20H20N4O/c1-24(15-16-8-4-2-5-9-16)18-12-13-19(21-14-18)23-20(25)22-17-10-6-3-7-11-17/h2-14H,15H2,1H3,(H2,21,22,23,25). The highest BCUT2D eigenvalue weighted by Crippen LogP contribution is 2.16. The molecule has 0 saturated carbocycles. The first kappa shape index (κ1) is 16.5. The summed E-state index contributed by atoms with van der Waals surface area (Å²) in [4.78, 5) is 18.4. The zero-order chi connectivity index (χ0) is 17.5. The SMILES string of the molecule is CN(Cc1ccccc1)c1ccc(NC(=O)Nc2ccccc2)nc1. The van der Waals surface area contributed by atoms with Gasteiger partial charge in [0.25, 0.3) is 0 Å². The average molecular weight is 332 g/mol. The van der Waals surface area contributed by atoms with Crippen molar-refractivity contribution in [2.24, 2.45) is 0 Å². The Kier molecular flexibility index (Phi) is 5.26. The lowest BCUT2D eigenvalue weighted by molar-refractivity contribution is 0.262. The molecule has 1 aromatic heterocycles. The van der Waals surface area contributed by atoms with Crippen molar-refractivity contribution in [2.45, 2.75) is 6.54 Å². The average Bonchev–Trinajstić information content (AvgIpc) is 2.64. The van der Waals surface area contributed by atoms with Gasteiger partial charge in [-0.05, 0) is 29.8 Å². The first-order valence-electron chi connectivity index (χ1n) is 8.05. The van der Waals surface area contributed by atoms with Gasteiger partial charge in [-0.2, -0.15) is 0 Å². The van der Waals surface area contributed by atoms with Gasteiger partial charge in [-0.1, -0.05) is 48.5 Å². The van der Waals surface area contributed by atoms with Crippen LogP contribution in [0.1, 0.15) is 5.56 Å². The zero-order valence-electron chi connectivity index (χ0n) is 14.0. The Morgan fingerprint density at radius 3 is 2.24 bits per heavy atom. The second-order valence-corrected chi connectivity index (χ2v) is 5.69. The quantitative estimate of drug-likeness (QED) is 0.730. The summed E-state index contributed by atoms with van der Waals surface area (Å²) in [6.07, 6.45) is 1.75. The number of carbonyl (C=O) groups is 1. The molecule has 0 unspecified atom stereocenters. The molecule has 5 heteroatoms. The van der Waals surface area contributed by atoms with Crippen LogP contribution in [0.15, 0.2) is 79.0 Å². The lowest BCUT2D eigenvalue weighted by atomic mass is 10.2. The van der Waals surface area contributed by atoms with Crippen molar-refractivity contribution in [2.75, 3.05) is 22.6 Å². The molecular weight excluding hydrogens is 312 g/mol. The molecule has 5 nitrogen and oxygen atoms in total. The van der Waals surface area contributed by atoms with Crippen LogP contribution in [0.5, 0.6) is 0 Å². The molecule has 2 N–H and O–H groups in total. The Hall–Kier alpha value is -3.34. The lowest BCUT2D eigenvalue weighted by Crippen LogP contribution is -2.20. The van der Waals surface area contributed by atoms with E-state index in [-0.39, 0.29) is 6.03 Å². The maximum Gasteiger partial charge on any atom is 0.324 e. The Balaban J connectivity index is 1.57. The second-order valence-electron chi connectivity index (χ2n) is 5.69. The van der Waals surface area contributed by atoms with Crippen molar-refractivity contribution in [1.82, 2.24) is 4.98 Å². The highest BCUT2D eigenvalue weighted by Gasteiger charge is 2.06. The van der Waals surface area contributed by atoms with Crippen LogP contribution in [-0.2, 0) is 6.54 Å². The van der Waals surface area contributed by atoms with Crippen molar-refractivity contribution >= 4 is 23.2 Å². The topological polar surface area (TPSA) is 57.3 Å². The van der Waals surface area contributed by atoms with Crippen molar-refractivity contribution in [1.29, 1.82) is 0 Å². The van der Waals surface area contributed by atoms with Gasteiger partial charge in [0.05, 0.1) is 11.9 Å². The Bertz CT molecular complexity index is 804. The van der Waals surface area contributed by atoms with E-state index in [4.69, 9.17) is 0 Å². The van der Waals surface area contributed by atoms with Crippen LogP contribution in [0.3, 0.4) is 0 Å². The normalized spacial score (nSPS) is 10.1. The summed E-state index contributed by atoms with van der Waals surface area (Å²) in [5.74, 6) is 0.505. The molecule has 3 rings (SSSR count). The van der Waals surface area contributed by atoms with Crippen LogP contribution >= 0.6 is 0 Å². The predicted molar refractivity (Wildman–Crippen MR) is 102 cm³/mol. The number of para-hydroxylation sites is 1. The number of aromatic nitrogens is 1. The lowest BCUT2D eigenvalue weighted by Gasteiger charge is -2.19. The summed E-state index contributed by atoms with van der Waals surface area (Å²) >= 11 is 0. The third kappa shape index (κ3) is 4.81. The van der Waals surface area contributed by atoms with Gasteiger partial charge in [-0.15, -0.1) is 0 Å². The van der Waals surface area contributed by atoms with Gasteiger partial charge in [0.15, 0.2) is 0 Å². The molecule has 0 bridgehead atoms. The molecule has 0 atom stereocenters. The number of carbonyl (C=O) groups excluding carboxylic acids is 1. The second kappa shape index (κ2) is 7.97. The third-order valence-electron chi connectivity index (χ3n) is 3.72. The number of nitrogens with one attached hydrogen (secondary N) is 2. The zero-order valence-corrected chi connectivity index (χ0v) is 14.0. The van der Waals surface area contributed by atoms with Gasteiger partial charge in [0.1, 0.15) is 5.82 Å². The summed E-state index contributed by atoms with van der Waals surface area (Å²) in [6, 6.07) is 22.9. The van der Waals surface area contributed by atoms with Crippen molar-refractivity contribution in [3.63, 3.8) is 0 Å². The molecule has 0 aliphatic heterocycles. The minimum absolute atomic E-state index is 0.316. The number of benzene rings is 2.